The Labute approximate surface area is 161 Å². The Morgan fingerprint density at radius 2 is 2.19 bits per heavy atom. The molecule has 2 heterocycles. The van der Waals surface area contributed by atoms with E-state index < -0.39 is 0 Å². The second kappa shape index (κ2) is 6.85. The van der Waals surface area contributed by atoms with Gasteiger partial charge >= 0.3 is 0 Å². The Bertz CT molecular complexity index is 1090. The maximum Gasteiger partial charge on any atom is 0.282 e. The molecule has 3 aromatic rings. The summed E-state index contributed by atoms with van der Waals surface area (Å²) in [6.07, 6.45) is 7.24. The summed E-state index contributed by atoms with van der Waals surface area (Å²) in [5.74, 6) is 0.350. The summed E-state index contributed by atoms with van der Waals surface area (Å²) < 4.78 is 6.88. The smallest absolute Gasteiger partial charge is 0.282 e. The van der Waals surface area contributed by atoms with E-state index >= 15 is 0 Å². The van der Waals surface area contributed by atoms with Gasteiger partial charge in [-0.1, -0.05) is 0 Å². The van der Waals surface area contributed by atoms with E-state index in [9.17, 15) is 9.90 Å². The van der Waals surface area contributed by atoms with E-state index in [1.165, 1.54) is 29.4 Å². The van der Waals surface area contributed by atoms with Crippen molar-refractivity contribution in [3.63, 3.8) is 0 Å². The minimum absolute atomic E-state index is 0.0230. The average molecular weight is 434 g/mol. The van der Waals surface area contributed by atoms with Crippen LogP contribution in [0.1, 0.15) is 28.8 Å². The molecule has 6 nitrogen and oxygen atoms in total. The monoisotopic (exact) mass is 433 g/mol. The molecule has 0 atom stereocenters. The number of ether oxygens (including phenoxy) is 1. The summed E-state index contributed by atoms with van der Waals surface area (Å²) in [5.41, 5.74) is 1.69. The largest absolute Gasteiger partial charge is 0.503 e. The van der Waals surface area contributed by atoms with E-state index in [0.29, 0.717) is 21.2 Å². The van der Waals surface area contributed by atoms with Crippen molar-refractivity contribution in [3.05, 3.63) is 49.3 Å². The first kappa shape index (κ1) is 17.2. The van der Waals surface area contributed by atoms with Crippen LogP contribution >= 0.6 is 27.3 Å². The molecule has 1 aliphatic carbocycles. The quantitative estimate of drug-likeness (QED) is 0.638. The molecule has 4 rings (SSSR count). The third kappa shape index (κ3) is 2.93. The van der Waals surface area contributed by atoms with Crippen molar-refractivity contribution in [3.8, 4) is 11.5 Å². The van der Waals surface area contributed by atoms with Crippen LogP contribution in [-0.4, -0.2) is 28.1 Å². The number of nitrogens with zero attached hydrogens (tertiary/aromatic N) is 3. The van der Waals surface area contributed by atoms with Crippen LogP contribution in [-0.2, 0) is 12.8 Å². The number of phenols is 1. The summed E-state index contributed by atoms with van der Waals surface area (Å²) in [4.78, 5) is 19.4. The molecule has 0 fully saturated rings. The highest BCUT2D eigenvalue weighted by Crippen LogP contribution is 2.35. The summed E-state index contributed by atoms with van der Waals surface area (Å²) in [7, 11) is 1.48. The molecular weight excluding hydrogens is 418 g/mol. The van der Waals surface area contributed by atoms with Gasteiger partial charge in [-0.15, -0.1) is 11.3 Å². The zero-order valence-corrected chi connectivity index (χ0v) is 16.4. The van der Waals surface area contributed by atoms with Crippen molar-refractivity contribution >= 4 is 43.7 Å². The minimum atomic E-state index is -0.143. The van der Waals surface area contributed by atoms with E-state index in [1.807, 2.05) is 0 Å². The van der Waals surface area contributed by atoms with E-state index in [4.69, 9.17) is 4.74 Å². The minimum Gasteiger partial charge on any atom is -0.503 e. The van der Waals surface area contributed by atoms with Crippen molar-refractivity contribution in [1.29, 1.82) is 0 Å². The summed E-state index contributed by atoms with van der Waals surface area (Å²) in [6.45, 7) is 0. The predicted octanol–water partition coefficient (Wildman–Crippen LogP) is 3.70. The highest BCUT2D eigenvalue weighted by molar-refractivity contribution is 9.10. The summed E-state index contributed by atoms with van der Waals surface area (Å²) in [5, 5.41) is 14.8. The van der Waals surface area contributed by atoms with Crippen LogP contribution in [0.25, 0.3) is 10.2 Å². The lowest BCUT2D eigenvalue weighted by Gasteiger charge is -2.09. The molecule has 0 amide bonds. The first-order chi connectivity index (χ1) is 12.6. The van der Waals surface area contributed by atoms with Crippen LogP contribution in [0.5, 0.6) is 11.5 Å². The number of hydrogen-bond acceptors (Lipinski definition) is 6. The van der Waals surface area contributed by atoms with Gasteiger partial charge in [0.05, 0.1) is 23.2 Å². The summed E-state index contributed by atoms with van der Waals surface area (Å²) >= 11 is 4.89. The molecule has 134 valence electrons. The number of aryl methyl sites for hydroxylation is 2. The van der Waals surface area contributed by atoms with Crippen LogP contribution in [0.2, 0.25) is 0 Å². The van der Waals surface area contributed by atoms with Gasteiger partial charge in [-0.05, 0) is 64.9 Å². The Balaban J connectivity index is 1.76. The van der Waals surface area contributed by atoms with Crippen LogP contribution in [0.4, 0.5) is 0 Å². The number of halogens is 1. The third-order valence-electron chi connectivity index (χ3n) is 4.46. The fraction of sp³-hybridized carbons (Fsp3) is 0.278. The van der Waals surface area contributed by atoms with Gasteiger partial charge in [0.1, 0.15) is 11.2 Å². The van der Waals surface area contributed by atoms with Crippen molar-refractivity contribution in [1.82, 2.24) is 9.66 Å². The molecule has 2 aromatic heterocycles. The molecule has 0 saturated heterocycles. The summed E-state index contributed by atoms with van der Waals surface area (Å²) in [6, 6.07) is 3.35. The first-order valence-corrected chi connectivity index (χ1v) is 9.82. The van der Waals surface area contributed by atoms with E-state index in [-0.39, 0.29) is 11.3 Å². The number of rotatable bonds is 3. The molecule has 8 heteroatoms. The van der Waals surface area contributed by atoms with Gasteiger partial charge in [-0.2, -0.15) is 9.78 Å². The zero-order chi connectivity index (χ0) is 18.3. The van der Waals surface area contributed by atoms with E-state index in [2.05, 4.69) is 26.0 Å². The van der Waals surface area contributed by atoms with Gasteiger partial charge in [0.25, 0.3) is 5.56 Å². The Morgan fingerprint density at radius 1 is 1.38 bits per heavy atom. The molecular formula is C18H16BrN3O3S. The number of thiophene rings is 1. The number of aromatic hydroxyl groups is 1. The lowest BCUT2D eigenvalue weighted by molar-refractivity contribution is 0.372. The maximum atomic E-state index is 12.9. The second-order valence-corrected chi connectivity index (χ2v) is 8.02. The third-order valence-corrected chi connectivity index (χ3v) is 6.27. The van der Waals surface area contributed by atoms with Crippen molar-refractivity contribution in [2.75, 3.05) is 7.11 Å². The highest BCUT2D eigenvalue weighted by Gasteiger charge is 2.19. The Hall–Kier alpha value is -2.19. The first-order valence-electron chi connectivity index (χ1n) is 8.21. The van der Waals surface area contributed by atoms with Gasteiger partial charge in [0.15, 0.2) is 11.5 Å². The van der Waals surface area contributed by atoms with Crippen LogP contribution in [0.3, 0.4) is 0 Å². The lowest BCUT2D eigenvalue weighted by Crippen LogP contribution is -2.18. The zero-order valence-electron chi connectivity index (χ0n) is 14.0. The van der Waals surface area contributed by atoms with Gasteiger partial charge in [0, 0.05) is 4.88 Å². The van der Waals surface area contributed by atoms with Gasteiger partial charge in [-0.25, -0.2) is 4.98 Å². The topological polar surface area (TPSA) is 76.7 Å². The molecule has 0 saturated carbocycles. The van der Waals surface area contributed by atoms with Gasteiger partial charge in [-0.3, -0.25) is 4.79 Å². The molecule has 0 bridgehead atoms. The Kier molecular flexibility index (Phi) is 4.54. The van der Waals surface area contributed by atoms with Crippen molar-refractivity contribution < 1.29 is 9.84 Å². The van der Waals surface area contributed by atoms with Gasteiger partial charge < -0.3 is 9.84 Å². The fourth-order valence-corrected chi connectivity index (χ4v) is 4.85. The molecule has 1 aromatic carbocycles. The number of methoxy groups -OCH3 is 1. The van der Waals surface area contributed by atoms with Gasteiger partial charge in [0.2, 0.25) is 0 Å². The maximum absolute atomic E-state index is 12.9. The molecule has 0 unspecified atom stereocenters. The van der Waals surface area contributed by atoms with Crippen molar-refractivity contribution in [2.45, 2.75) is 25.7 Å². The SMILES string of the molecule is COc1cc(/C=N/n2cnc3sc4c(c3c2=O)CCCC4)cc(Br)c1O. The molecule has 0 aliphatic heterocycles. The number of hydrogen-bond donors (Lipinski definition) is 1. The van der Waals surface area contributed by atoms with E-state index in [1.54, 1.807) is 29.7 Å². The van der Waals surface area contributed by atoms with Crippen LogP contribution < -0.4 is 10.3 Å². The Morgan fingerprint density at radius 3 is 3.00 bits per heavy atom. The fourth-order valence-electron chi connectivity index (χ4n) is 3.17. The molecule has 26 heavy (non-hydrogen) atoms. The molecule has 1 N–H and O–H groups in total. The number of aromatic nitrogens is 2. The van der Waals surface area contributed by atoms with Crippen molar-refractivity contribution in [2.24, 2.45) is 5.10 Å². The molecule has 0 radical (unpaired) electrons. The normalized spacial score (nSPS) is 14.1. The predicted molar refractivity (Wildman–Crippen MR) is 106 cm³/mol. The standard InChI is InChI=1S/C18H16BrN3O3S/c1-25-13-7-10(6-12(19)16(13)23)8-21-22-9-20-17-15(18(22)24)11-4-2-3-5-14(11)26-17/h6-9,23H,2-5H2,1H3/b21-8+. The van der Waals surface area contributed by atoms with Crippen LogP contribution in [0.15, 0.2) is 32.8 Å². The number of benzene rings is 1. The average Bonchev–Trinajstić information content (AvgIpc) is 3.03. The lowest BCUT2D eigenvalue weighted by atomic mass is 9.97. The van der Waals surface area contributed by atoms with E-state index in [0.717, 1.165) is 29.7 Å². The number of phenolic OH excluding ortho intramolecular Hbond substituents is 1. The number of fused-ring (bicyclic) bond motifs is 3. The second-order valence-electron chi connectivity index (χ2n) is 6.08. The highest BCUT2D eigenvalue weighted by atomic mass is 79.9. The van der Waals surface area contributed by atoms with Crippen LogP contribution in [0, 0.1) is 0 Å². The molecule has 1 aliphatic rings. The molecule has 0 spiro atoms.